The Hall–Kier alpha value is -1.58. The zero-order valence-corrected chi connectivity index (χ0v) is 11.2. The number of carboxylic acid groups (broad SMARTS) is 1. The van der Waals surface area contributed by atoms with Crippen LogP contribution in [0.4, 0.5) is 0 Å². The molecule has 1 unspecified atom stereocenters. The molecule has 0 saturated heterocycles. The molecule has 0 radical (unpaired) electrons. The van der Waals surface area contributed by atoms with E-state index in [2.05, 4.69) is 4.98 Å². The van der Waals surface area contributed by atoms with Gasteiger partial charge in [-0.1, -0.05) is 35.3 Å². The van der Waals surface area contributed by atoms with E-state index < -0.39 is 5.97 Å². The van der Waals surface area contributed by atoms with E-state index in [1.165, 1.54) is 0 Å². The van der Waals surface area contributed by atoms with E-state index in [4.69, 9.17) is 28.3 Å². The molecule has 96 valence electrons. The molecule has 1 aromatic carbocycles. The Balaban J connectivity index is 2.27. The molecule has 0 spiro atoms. The summed E-state index contributed by atoms with van der Waals surface area (Å²) >= 11 is 12.3. The van der Waals surface area contributed by atoms with Gasteiger partial charge in [-0.3, -0.25) is 9.78 Å². The number of nitrogens with zero attached hydrogens (tertiary/aromatic N) is 1. The van der Waals surface area contributed by atoms with Crippen molar-refractivity contribution in [3.63, 3.8) is 0 Å². The van der Waals surface area contributed by atoms with Crippen molar-refractivity contribution in [3.05, 3.63) is 51.6 Å². The molecule has 0 saturated carbocycles. The molecular weight excluding hydrogens is 285 g/mol. The number of halogens is 2. The molecule has 3 rings (SSSR count). The van der Waals surface area contributed by atoms with E-state index in [-0.39, 0.29) is 12.3 Å². The maximum atomic E-state index is 11.0. The number of rotatable bonds is 2. The molecule has 1 aliphatic rings. The van der Waals surface area contributed by atoms with Crippen molar-refractivity contribution >= 4 is 29.2 Å². The average molecular weight is 294 g/mol. The first-order valence-corrected chi connectivity index (χ1v) is 6.50. The number of carboxylic acids is 1. The van der Waals surface area contributed by atoms with Crippen molar-refractivity contribution in [2.24, 2.45) is 0 Å². The molecular formula is C14H9Cl2NO2. The summed E-state index contributed by atoms with van der Waals surface area (Å²) in [6, 6.07) is 7.22. The van der Waals surface area contributed by atoms with Gasteiger partial charge < -0.3 is 5.11 Å². The first-order valence-electron chi connectivity index (χ1n) is 5.74. The van der Waals surface area contributed by atoms with Gasteiger partial charge >= 0.3 is 5.97 Å². The first-order chi connectivity index (χ1) is 9.09. The molecule has 1 aliphatic carbocycles. The Morgan fingerprint density at radius 1 is 1.26 bits per heavy atom. The van der Waals surface area contributed by atoms with Crippen LogP contribution in [0.3, 0.4) is 0 Å². The third kappa shape index (κ3) is 1.90. The van der Waals surface area contributed by atoms with Crippen LogP contribution in [0.5, 0.6) is 0 Å². The van der Waals surface area contributed by atoms with Crippen molar-refractivity contribution in [2.75, 3.05) is 0 Å². The second-order valence-corrected chi connectivity index (χ2v) is 5.20. The van der Waals surface area contributed by atoms with E-state index >= 15 is 0 Å². The van der Waals surface area contributed by atoms with Crippen LogP contribution < -0.4 is 0 Å². The molecule has 1 atom stereocenters. The maximum Gasteiger partial charge on any atom is 0.304 e. The third-order valence-corrected chi connectivity index (χ3v) is 4.14. The molecule has 0 fully saturated rings. The van der Waals surface area contributed by atoms with Crippen molar-refractivity contribution in [3.8, 4) is 11.3 Å². The SMILES string of the molecule is O=C(O)CC1c2cccnc2-c2c1ccc(Cl)c2Cl. The van der Waals surface area contributed by atoms with Crippen LogP contribution >= 0.6 is 23.2 Å². The van der Waals surface area contributed by atoms with E-state index in [0.29, 0.717) is 10.0 Å². The van der Waals surface area contributed by atoms with Gasteiger partial charge in [0.05, 0.1) is 22.2 Å². The summed E-state index contributed by atoms with van der Waals surface area (Å²) in [6.07, 6.45) is 1.69. The predicted octanol–water partition coefficient (Wildman–Crippen LogP) is 3.98. The summed E-state index contributed by atoms with van der Waals surface area (Å²) in [6.45, 7) is 0. The van der Waals surface area contributed by atoms with Crippen LogP contribution in [0.1, 0.15) is 23.5 Å². The smallest absolute Gasteiger partial charge is 0.304 e. The van der Waals surface area contributed by atoms with Gasteiger partial charge in [0, 0.05) is 17.7 Å². The zero-order chi connectivity index (χ0) is 13.6. The van der Waals surface area contributed by atoms with E-state index in [9.17, 15) is 4.79 Å². The van der Waals surface area contributed by atoms with Gasteiger partial charge in [-0.2, -0.15) is 0 Å². The Morgan fingerprint density at radius 2 is 2.05 bits per heavy atom. The molecule has 0 bridgehead atoms. The minimum atomic E-state index is -0.848. The fraction of sp³-hybridized carbons (Fsp3) is 0.143. The van der Waals surface area contributed by atoms with Gasteiger partial charge in [0.2, 0.25) is 0 Å². The highest BCUT2D eigenvalue weighted by atomic mass is 35.5. The normalized spacial score (nSPS) is 16.0. The first kappa shape index (κ1) is 12.5. The minimum absolute atomic E-state index is 0.0175. The Kier molecular flexibility index (Phi) is 2.96. The Bertz CT molecular complexity index is 685. The van der Waals surface area contributed by atoms with Gasteiger partial charge in [-0.05, 0) is 23.3 Å². The van der Waals surface area contributed by atoms with Gasteiger partial charge in [-0.15, -0.1) is 0 Å². The Labute approximate surface area is 119 Å². The fourth-order valence-electron chi connectivity index (χ4n) is 2.57. The minimum Gasteiger partial charge on any atom is -0.481 e. The van der Waals surface area contributed by atoms with Crippen LogP contribution in [0.2, 0.25) is 10.0 Å². The van der Waals surface area contributed by atoms with Gasteiger partial charge in [0.15, 0.2) is 0 Å². The summed E-state index contributed by atoms with van der Waals surface area (Å²) in [5, 5.41) is 9.96. The summed E-state index contributed by atoms with van der Waals surface area (Å²) < 4.78 is 0. The number of pyridine rings is 1. The number of carbonyl (C=O) groups is 1. The number of hydrogen-bond donors (Lipinski definition) is 1. The second kappa shape index (κ2) is 4.51. The monoisotopic (exact) mass is 293 g/mol. The van der Waals surface area contributed by atoms with Crippen LogP contribution in [-0.2, 0) is 4.79 Å². The van der Waals surface area contributed by atoms with Crippen LogP contribution in [0.15, 0.2) is 30.5 Å². The Morgan fingerprint density at radius 3 is 2.79 bits per heavy atom. The molecule has 5 heteroatoms. The van der Waals surface area contributed by atoms with Crippen LogP contribution in [-0.4, -0.2) is 16.1 Å². The summed E-state index contributed by atoms with van der Waals surface area (Å²) in [5.74, 6) is -1.07. The lowest BCUT2D eigenvalue weighted by Gasteiger charge is -2.10. The lowest BCUT2D eigenvalue weighted by molar-refractivity contribution is -0.137. The number of benzene rings is 1. The summed E-state index contributed by atoms with van der Waals surface area (Å²) in [4.78, 5) is 15.4. The van der Waals surface area contributed by atoms with Gasteiger partial charge in [-0.25, -0.2) is 0 Å². The standard InChI is InChI=1S/C14H9Cl2NO2/c15-10-4-3-7-9(6-11(18)19)8-2-1-5-17-14(8)12(7)13(10)16/h1-5,9H,6H2,(H,18,19). The highest BCUT2D eigenvalue weighted by Gasteiger charge is 2.33. The third-order valence-electron chi connectivity index (χ3n) is 3.33. The van der Waals surface area contributed by atoms with E-state index in [0.717, 1.165) is 22.4 Å². The maximum absolute atomic E-state index is 11.0. The quantitative estimate of drug-likeness (QED) is 0.911. The molecule has 0 aliphatic heterocycles. The van der Waals surface area contributed by atoms with Crippen molar-refractivity contribution < 1.29 is 9.90 Å². The topological polar surface area (TPSA) is 50.2 Å². The number of aromatic nitrogens is 1. The lowest BCUT2D eigenvalue weighted by atomic mass is 9.94. The van der Waals surface area contributed by atoms with E-state index in [1.54, 1.807) is 18.3 Å². The second-order valence-electron chi connectivity index (χ2n) is 4.42. The molecule has 1 heterocycles. The molecule has 3 nitrogen and oxygen atoms in total. The average Bonchev–Trinajstić information content (AvgIpc) is 2.69. The molecule has 2 aromatic rings. The van der Waals surface area contributed by atoms with Gasteiger partial charge in [0.25, 0.3) is 0 Å². The highest BCUT2D eigenvalue weighted by molar-refractivity contribution is 6.44. The van der Waals surface area contributed by atoms with Crippen molar-refractivity contribution in [2.45, 2.75) is 12.3 Å². The predicted molar refractivity (Wildman–Crippen MR) is 73.8 cm³/mol. The molecule has 1 N–H and O–H groups in total. The molecule has 19 heavy (non-hydrogen) atoms. The highest BCUT2D eigenvalue weighted by Crippen LogP contribution is 2.49. The molecule has 0 amide bonds. The summed E-state index contributed by atoms with van der Waals surface area (Å²) in [7, 11) is 0. The van der Waals surface area contributed by atoms with E-state index in [1.807, 2.05) is 12.1 Å². The number of hydrogen-bond acceptors (Lipinski definition) is 2. The van der Waals surface area contributed by atoms with Crippen LogP contribution in [0.25, 0.3) is 11.3 Å². The summed E-state index contributed by atoms with van der Waals surface area (Å²) in [5.41, 5.74) is 3.27. The van der Waals surface area contributed by atoms with Crippen molar-refractivity contribution in [1.82, 2.24) is 4.98 Å². The number of fused-ring (bicyclic) bond motifs is 3. The van der Waals surface area contributed by atoms with Crippen molar-refractivity contribution in [1.29, 1.82) is 0 Å². The fourth-order valence-corrected chi connectivity index (χ4v) is 2.99. The lowest BCUT2D eigenvalue weighted by Crippen LogP contribution is -2.05. The van der Waals surface area contributed by atoms with Gasteiger partial charge in [0.1, 0.15) is 0 Å². The van der Waals surface area contributed by atoms with Crippen LogP contribution in [0, 0.1) is 0 Å². The molecule has 1 aromatic heterocycles. The zero-order valence-electron chi connectivity index (χ0n) is 9.73. The largest absolute Gasteiger partial charge is 0.481 e. The number of aliphatic carboxylic acids is 1.